The molecule has 0 saturated carbocycles. The largest absolute Gasteiger partial charge is 0.756 e. The highest BCUT2D eigenvalue weighted by Gasteiger charge is 2.53. The normalized spacial score (nSPS) is 29.2. The first-order valence-electron chi connectivity index (χ1n) is 9.18. The lowest BCUT2D eigenvalue weighted by molar-refractivity contribution is -0.245. The molecule has 0 aliphatic carbocycles. The van der Waals surface area contributed by atoms with E-state index in [0.29, 0.717) is 0 Å². The van der Waals surface area contributed by atoms with Crippen LogP contribution in [0.2, 0.25) is 0 Å². The molecule has 6 N–H and O–H groups in total. The summed E-state index contributed by atoms with van der Waals surface area (Å²) >= 11 is 0. The molecule has 17 nitrogen and oxygen atoms in total. The van der Waals surface area contributed by atoms with E-state index in [1.54, 1.807) is 0 Å². The van der Waals surface area contributed by atoms with Crippen molar-refractivity contribution < 1.29 is 56.3 Å². The van der Waals surface area contributed by atoms with Gasteiger partial charge in [-0.15, -0.1) is 0 Å². The van der Waals surface area contributed by atoms with Crippen molar-refractivity contribution in [2.75, 3.05) is 13.2 Å². The van der Waals surface area contributed by atoms with Crippen LogP contribution in [0.1, 0.15) is 25.8 Å². The third-order valence-electron chi connectivity index (χ3n) is 4.56. The zero-order chi connectivity index (χ0) is 26.2. The second-order valence-electron chi connectivity index (χ2n) is 7.48. The Morgan fingerprint density at radius 2 is 1.88 bits per heavy atom. The Morgan fingerprint density at radius 3 is 2.44 bits per heavy atom. The van der Waals surface area contributed by atoms with Crippen molar-refractivity contribution in [3.63, 3.8) is 0 Å². The zero-order valence-corrected chi connectivity index (χ0v) is 20.3. The molecule has 2 rings (SSSR count). The number of nitrogens with zero attached hydrogens (tertiary/aromatic N) is 1. The van der Waals surface area contributed by atoms with E-state index in [1.807, 2.05) is 0 Å². The van der Waals surface area contributed by atoms with Crippen molar-refractivity contribution in [2.24, 2.45) is 5.73 Å². The average Bonchev–Trinajstić information content (AvgIpc) is 2.86. The number of hydrogen-bond acceptors (Lipinski definition) is 13. The molecule has 3 unspecified atom stereocenters. The number of hydrogen-bond donors (Lipinski definition) is 5. The van der Waals surface area contributed by atoms with Gasteiger partial charge in [-0.05, 0) is 13.8 Å². The summed E-state index contributed by atoms with van der Waals surface area (Å²) in [5.41, 5.74) is 0.262. The zero-order valence-electron chi connectivity index (χ0n) is 17.6. The van der Waals surface area contributed by atoms with Crippen molar-refractivity contribution in [3.05, 3.63) is 38.7 Å². The number of aromatic nitrogens is 2. The van der Waals surface area contributed by atoms with Gasteiger partial charge >= 0.3 is 13.5 Å². The van der Waals surface area contributed by atoms with Gasteiger partial charge in [-0.2, -0.15) is 0 Å². The molecule has 0 aromatic carbocycles. The van der Waals surface area contributed by atoms with Crippen molar-refractivity contribution in [1.29, 1.82) is 0 Å². The molecule has 0 amide bonds. The Balaban J connectivity index is 2.25. The van der Waals surface area contributed by atoms with Crippen LogP contribution in [0.25, 0.3) is 6.08 Å². The average molecular weight is 549 g/mol. The molecule has 20 heteroatoms. The molecule has 0 radical (unpaired) electrons. The predicted octanol–water partition coefficient (Wildman–Crippen LogP) is -2.20. The van der Waals surface area contributed by atoms with Crippen LogP contribution in [0, 0.1) is 0 Å². The minimum atomic E-state index is -6.05. The van der Waals surface area contributed by atoms with Gasteiger partial charge < -0.3 is 39.7 Å². The van der Waals surface area contributed by atoms with E-state index in [2.05, 4.69) is 18.1 Å². The van der Waals surface area contributed by atoms with Gasteiger partial charge in [0, 0.05) is 19.2 Å². The molecule has 1 fully saturated rings. The number of rotatable bonds is 10. The van der Waals surface area contributed by atoms with Crippen LogP contribution in [0.3, 0.4) is 0 Å². The topological polar surface area (TPSA) is 276 Å². The Labute approximate surface area is 191 Å². The Bertz CT molecular complexity index is 1210. The first-order valence-corrected chi connectivity index (χ1v) is 13.6. The van der Waals surface area contributed by atoms with Crippen molar-refractivity contribution in [3.8, 4) is 0 Å². The number of aromatic amines is 1. The van der Waals surface area contributed by atoms with E-state index in [1.165, 1.54) is 26.0 Å². The predicted molar refractivity (Wildman–Crippen MR) is 109 cm³/mol. The number of nitrogens with one attached hydrogen (secondary N) is 1. The third-order valence-corrected chi connectivity index (χ3v) is 8.25. The number of ether oxygens (including phenoxy) is 1. The van der Waals surface area contributed by atoms with Crippen molar-refractivity contribution in [2.45, 2.75) is 37.7 Å². The molecule has 1 saturated heterocycles. The fraction of sp³-hybridized carbons (Fsp3) is 0.571. The maximum atomic E-state index is 12.4. The molecule has 0 bridgehead atoms. The van der Waals surface area contributed by atoms with Gasteiger partial charge in [-0.25, -0.2) is 18.0 Å². The highest BCUT2D eigenvalue weighted by Crippen LogP contribution is 2.62. The summed E-state index contributed by atoms with van der Waals surface area (Å²) in [4.78, 5) is 66.6. The van der Waals surface area contributed by atoms with Gasteiger partial charge in [0.25, 0.3) is 21.2 Å². The maximum Gasteiger partial charge on any atom is 0.476 e. The Morgan fingerprint density at radius 1 is 1.26 bits per heavy atom. The minimum Gasteiger partial charge on any atom is -0.756 e. The number of H-pyrrole nitrogens is 1. The third kappa shape index (κ3) is 7.35. The molecule has 2 heterocycles. The summed E-state index contributed by atoms with van der Waals surface area (Å²) in [6, 6.07) is 0. The maximum absolute atomic E-state index is 12.4. The Kier molecular flexibility index (Phi) is 8.51. The summed E-state index contributed by atoms with van der Waals surface area (Å²) < 4.78 is 51.7. The summed E-state index contributed by atoms with van der Waals surface area (Å²) in [6.07, 6.45) is 2.15. The second kappa shape index (κ2) is 9.99. The van der Waals surface area contributed by atoms with Gasteiger partial charge in [0.1, 0.15) is 11.3 Å². The van der Waals surface area contributed by atoms with Crippen LogP contribution in [-0.4, -0.2) is 49.3 Å². The van der Waals surface area contributed by atoms with E-state index in [-0.39, 0.29) is 18.5 Å². The fourth-order valence-electron chi connectivity index (χ4n) is 3.11. The minimum absolute atomic E-state index is 0.0305. The number of aliphatic hydroxyl groups excluding tert-OH is 1. The monoisotopic (exact) mass is 549 g/mol. The van der Waals surface area contributed by atoms with Crippen LogP contribution in [0.5, 0.6) is 0 Å². The molecule has 5 atom stereocenters. The molecule has 1 aromatic heterocycles. The van der Waals surface area contributed by atoms with Crippen molar-refractivity contribution >= 4 is 29.5 Å². The lowest BCUT2D eigenvalue weighted by Gasteiger charge is -2.35. The highest BCUT2D eigenvalue weighted by atomic mass is 31.3. The molecular formula is C14H22N3O14P3-2. The van der Waals surface area contributed by atoms with Crippen LogP contribution >= 0.6 is 23.5 Å². The molecule has 1 aromatic rings. The fourth-order valence-corrected chi connectivity index (χ4v) is 6.12. The number of phosphoric ester groups is 1. The summed E-state index contributed by atoms with van der Waals surface area (Å²) in [5, 5.41) is 10.5. The van der Waals surface area contributed by atoms with E-state index >= 15 is 0 Å². The van der Waals surface area contributed by atoms with Crippen LogP contribution < -0.4 is 26.8 Å². The molecule has 0 spiro atoms. The summed E-state index contributed by atoms with van der Waals surface area (Å²) in [6.45, 7) is 1.59. The number of aliphatic hydroxyl groups is 1. The number of phosphoric acid groups is 3. The Hall–Kier alpha value is -1.29. The molecule has 34 heavy (non-hydrogen) atoms. The standard InChI is InChI=1S/C14H24N3O14P3/c1-13(8-28-33(24,25)31-34(26,27)30-32(21,22)23)10(18)6-14(2,29-13)17-7-9(4-3-5-15)11(19)16-12(17)20/h3-4,7,10,18H,5-6,8,15H2,1-2H3,(H,24,25)(H,26,27)(H,16,19,20)(H2,21,22,23)/p-2/b4-3+/t10?,13-,14-/m1/s1. The van der Waals surface area contributed by atoms with E-state index in [0.717, 1.165) is 10.8 Å². The first-order chi connectivity index (χ1) is 15.3. The number of nitrogens with two attached hydrogens (primary N) is 1. The van der Waals surface area contributed by atoms with Crippen LogP contribution in [-0.2, 0) is 37.3 Å². The highest BCUT2D eigenvalue weighted by molar-refractivity contribution is 7.65. The van der Waals surface area contributed by atoms with Gasteiger partial charge in [0.15, 0.2) is 0 Å². The quantitative estimate of drug-likeness (QED) is 0.194. The summed E-state index contributed by atoms with van der Waals surface area (Å²) in [5.74, 6) is 0. The first kappa shape index (κ1) is 28.9. The molecule has 1 aliphatic heterocycles. The molecular weight excluding hydrogens is 527 g/mol. The summed E-state index contributed by atoms with van der Waals surface area (Å²) in [7, 11) is -17.5. The smallest absolute Gasteiger partial charge is 0.476 e. The van der Waals surface area contributed by atoms with E-state index in [4.69, 9.17) is 20.3 Å². The van der Waals surface area contributed by atoms with Crippen molar-refractivity contribution in [1.82, 2.24) is 9.55 Å². The second-order valence-corrected chi connectivity index (χ2v) is 11.8. The van der Waals surface area contributed by atoms with E-state index < -0.39 is 58.8 Å². The lowest BCUT2D eigenvalue weighted by Crippen LogP contribution is -2.45. The lowest BCUT2D eigenvalue weighted by atomic mass is 9.98. The van der Waals surface area contributed by atoms with Gasteiger partial charge in [-0.1, -0.05) is 12.2 Å². The van der Waals surface area contributed by atoms with Gasteiger partial charge in [-0.3, -0.25) is 23.5 Å². The van der Waals surface area contributed by atoms with Crippen LogP contribution in [0.4, 0.5) is 0 Å². The molecule has 1 aliphatic rings. The van der Waals surface area contributed by atoms with Crippen LogP contribution in [0.15, 0.2) is 21.9 Å². The molecule has 194 valence electrons. The van der Waals surface area contributed by atoms with Gasteiger partial charge in [0.05, 0.1) is 18.3 Å². The van der Waals surface area contributed by atoms with E-state index in [9.17, 15) is 38.2 Å². The SMILES string of the molecule is C[C@]1(COP(=O)([O-])OP(=O)([O-])OP(=O)(O)O)O[C@@](C)(n2cc(/C=C/CN)c(=O)[nH]c2=O)CC1O. The van der Waals surface area contributed by atoms with Gasteiger partial charge in [0.2, 0.25) is 0 Å².